The maximum atomic E-state index is 11.9. The second-order valence-electron chi connectivity index (χ2n) is 4.58. The average molecular weight is 331 g/mol. The first-order valence-corrected chi connectivity index (χ1v) is 7.01. The van der Waals surface area contributed by atoms with Crippen LogP contribution in [-0.4, -0.2) is 19.0 Å². The first kappa shape index (κ1) is 16.6. The van der Waals surface area contributed by atoms with Crippen LogP contribution in [0.5, 0.6) is 5.75 Å². The number of rotatable bonds is 5. The molecule has 0 aliphatic carbocycles. The number of aromatic carboxylic acids is 1. The number of carboxylic acid groups (broad SMARTS) is 1. The minimum absolute atomic E-state index is 0.0108. The van der Waals surface area contributed by atoms with Gasteiger partial charge in [-0.1, -0.05) is 23.7 Å². The number of anilines is 1. The molecule has 2 rings (SSSR count). The fraction of sp³-hybridized carbons (Fsp3) is 0.0588. The molecule has 0 saturated heterocycles. The number of halogens is 1. The van der Waals surface area contributed by atoms with E-state index in [0.717, 1.165) is 0 Å². The monoisotopic (exact) mass is 330 g/mol. The molecule has 0 heterocycles. The lowest BCUT2D eigenvalue weighted by Crippen LogP contribution is -2.22. The summed E-state index contributed by atoms with van der Waals surface area (Å²) >= 11 is 5.91. The highest BCUT2D eigenvalue weighted by atomic mass is 35.5. The highest BCUT2D eigenvalue weighted by molar-refractivity contribution is 6.30. The Balaban J connectivity index is 2.12. The third-order valence-corrected chi connectivity index (χ3v) is 3.21. The molecule has 0 aliphatic heterocycles. The molecule has 0 saturated carbocycles. The van der Waals surface area contributed by atoms with Crippen LogP contribution in [0.2, 0.25) is 5.02 Å². The lowest BCUT2D eigenvalue weighted by Gasteiger charge is -2.07. The van der Waals surface area contributed by atoms with Crippen molar-refractivity contribution in [3.63, 3.8) is 0 Å². The maximum Gasteiger partial charge on any atom is 0.248 e. The minimum atomic E-state index is -1.31. The Morgan fingerprint density at radius 1 is 1.22 bits per heavy atom. The number of nitrogens with one attached hydrogen (secondary N) is 1. The number of benzene rings is 2. The van der Waals surface area contributed by atoms with Crippen molar-refractivity contribution in [1.82, 2.24) is 0 Å². The Hall–Kier alpha value is -2.79. The fourth-order valence-corrected chi connectivity index (χ4v) is 2.09. The first-order valence-electron chi connectivity index (χ1n) is 6.63. The largest absolute Gasteiger partial charge is 0.545 e. The van der Waals surface area contributed by atoms with Crippen molar-refractivity contribution in [3.8, 4) is 5.75 Å². The maximum absolute atomic E-state index is 11.9. The zero-order valence-corrected chi connectivity index (χ0v) is 13.0. The zero-order chi connectivity index (χ0) is 16.8. The van der Waals surface area contributed by atoms with Crippen molar-refractivity contribution in [2.24, 2.45) is 0 Å². The molecule has 118 valence electrons. The first-order chi connectivity index (χ1) is 11.0. The molecule has 2 aromatic rings. The molecule has 0 atom stereocenters. The van der Waals surface area contributed by atoms with E-state index in [1.54, 1.807) is 30.3 Å². The van der Waals surface area contributed by atoms with Crippen molar-refractivity contribution in [1.29, 1.82) is 0 Å². The smallest absolute Gasteiger partial charge is 0.248 e. The molecule has 2 aromatic carbocycles. The summed E-state index contributed by atoms with van der Waals surface area (Å²) in [6.45, 7) is 0. The minimum Gasteiger partial charge on any atom is -0.545 e. The highest BCUT2D eigenvalue weighted by Crippen LogP contribution is 2.23. The van der Waals surface area contributed by atoms with Crippen molar-refractivity contribution in [2.75, 3.05) is 12.4 Å². The Morgan fingerprint density at radius 3 is 2.70 bits per heavy atom. The number of hydrogen-bond donors (Lipinski definition) is 1. The van der Waals surface area contributed by atoms with Crippen LogP contribution in [0.25, 0.3) is 6.08 Å². The van der Waals surface area contributed by atoms with E-state index in [0.29, 0.717) is 22.0 Å². The summed E-state index contributed by atoms with van der Waals surface area (Å²) in [6.07, 6.45) is 2.86. The van der Waals surface area contributed by atoms with Gasteiger partial charge in [-0.3, -0.25) is 4.79 Å². The van der Waals surface area contributed by atoms with E-state index < -0.39 is 11.9 Å². The van der Waals surface area contributed by atoms with Crippen LogP contribution >= 0.6 is 11.6 Å². The van der Waals surface area contributed by atoms with Gasteiger partial charge in [-0.05, 0) is 42.0 Å². The van der Waals surface area contributed by atoms with Gasteiger partial charge in [0.25, 0.3) is 0 Å². The van der Waals surface area contributed by atoms with Crippen molar-refractivity contribution >= 4 is 35.2 Å². The molecular formula is C17H13ClNO4-. The Bertz CT molecular complexity index is 771. The summed E-state index contributed by atoms with van der Waals surface area (Å²) in [6, 6.07) is 10.9. The number of carbonyl (C=O) groups excluding carboxylic acids is 2. The van der Waals surface area contributed by atoms with Gasteiger partial charge in [-0.2, -0.15) is 0 Å². The summed E-state index contributed by atoms with van der Waals surface area (Å²) in [5.41, 5.74) is 1.00. The third kappa shape index (κ3) is 4.59. The molecule has 0 unspecified atom stereocenters. The average Bonchev–Trinajstić information content (AvgIpc) is 2.53. The lowest BCUT2D eigenvalue weighted by molar-refractivity contribution is -0.255. The second-order valence-corrected chi connectivity index (χ2v) is 5.01. The van der Waals surface area contributed by atoms with E-state index in [4.69, 9.17) is 16.3 Å². The normalized spacial score (nSPS) is 10.5. The molecule has 0 aliphatic rings. The van der Waals surface area contributed by atoms with Gasteiger partial charge in [-0.15, -0.1) is 0 Å². The molecule has 1 N–H and O–H groups in total. The van der Waals surface area contributed by atoms with E-state index in [9.17, 15) is 14.7 Å². The van der Waals surface area contributed by atoms with Crippen molar-refractivity contribution < 1.29 is 19.4 Å². The number of amides is 1. The number of carboxylic acids is 1. The Morgan fingerprint density at radius 2 is 2.00 bits per heavy atom. The predicted molar refractivity (Wildman–Crippen MR) is 86.4 cm³/mol. The molecule has 0 fully saturated rings. The molecule has 1 amide bonds. The quantitative estimate of drug-likeness (QED) is 0.854. The standard InChI is InChI=1S/C17H14ClNO4/c1-23-15-7-6-13(18)9-11(15)5-8-16(20)19-14-4-2-3-12(10-14)17(21)22/h2-10H,1H3,(H,19,20)(H,21,22)/p-1/b8-5+. The van der Waals surface area contributed by atoms with Gasteiger partial charge in [0, 0.05) is 22.3 Å². The second kappa shape index (κ2) is 7.47. The highest BCUT2D eigenvalue weighted by Gasteiger charge is 2.03. The molecule has 6 heteroatoms. The van der Waals surface area contributed by atoms with Crippen LogP contribution in [0.1, 0.15) is 15.9 Å². The molecule has 0 bridgehead atoms. The number of hydrogen-bond acceptors (Lipinski definition) is 4. The lowest BCUT2D eigenvalue weighted by atomic mass is 10.2. The molecule has 23 heavy (non-hydrogen) atoms. The van der Waals surface area contributed by atoms with E-state index in [1.807, 2.05) is 0 Å². The van der Waals surface area contributed by atoms with Gasteiger partial charge in [0.15, 0.2) is 0 Å². The van der Waals surface area contributed by atoms with Crippen LogP contribution in [0.4, 0.5) is 5.69 Å². The van der Waals surface area contributed by atoms with Crippen LogP contribution in [-0.2, 0) is 4.79 Å². The Kier molecular flexibility index (Phi) is 5.38. The van der Waals surface area contributed by atoms with E-state index in [-0.39, 0.29) is 5.56 Å². The Labute approximate surface area is 138 Å². The van der Waals surface area contributed by atoms with Gasteiger partial charge in [0.05, 0.1) is 13.1 Å². The summed E-state index contributed by atoms with van der Waals surface area (Å²) in [5.74, 6) is -1.14. The third-order valence-electron chi connectivity index (χ3n) is 2.97. The number of methoxy groups -OCH3 is 1. The number of carbonyl (C=O) groups is 2. The molecule has 0 spiro atoms. The fourth-order valence-electron chi connectivity index (χ4n) is 1.91. The predicted octanol–water partition coefficient (Wildman–Crippen LogP) is 2.36. The van der Waals surface area contributed by atoms with Crippen LogP contribution in [0.15, 0.2) is 48.5 Å². The SMILES string of the molecule is COc1ccc(Cl)cc1/C=C/C(=O)Nc1cccc(C(=O)[O-])c1. The van der Waals surface area contributed by atoms with Gasteiger partial charge in [0.1, 0.15) is 5.75 Å². The summed E-state index contributed by atoms with van der Waals surface area (Å²) in [5, 5.41) is 13.9. The van der Waals surface area contributed by atoms with E-state index in [2.05, 4.69) is 5.32 Å². The van der Waals surface area contributed by atoms with Crippen molar-refractivity contribution in [3.05, 3.63) is 64.7 Å². The van der Waals surface area contributed by atoms with Crippen LogP contribution in [0.3, 0.4) is 0 Å². The zero-order valence-electron chi connectivity index (χ0n) is 12.2. The molecule has 0 radical (unpaired) electrons. The van der Waals surface area contributed by atoms with Gasteiger partial charge < -0.3 is 20.0 Å². The summed E-state index contributed by atoms with van der Waals surface area (Å²) in [7, 11) is 1.52. The number of ether oxygens (including phenoxy) is 1. The molecule has 0 aromatic heterocycles. The van der Waals surface area contributed by atoms with Gasteiger partial charge in [-0.25, -0.2) is 0 Å². The molecule has 5 nitrogen and oxygen atoms in total. The van der Waals surface area contributed by atoms with E-state index >= 15 is 0 Å². The van der Waals surface area contributed by atoms with Crippen LogP contribution < -0.4 is 15.2 Å². The van der Waals surface area contributed by atoms with Gasteiger partial charge >= 0.3 is 0 Å². The van der Waals surface area contributed by atoms with Crippen LogP contribution in [0, 0.1) is 0 Å². The summed E-state index contributed by atoms with van der Waals surface area (Å²) in [4.78, 5) is 22.7. The summed E-state index contributed by atoms with van der Waals surface area (Å²) < 4.78 is 5.18. The van der Waals surface area contributed by atoms with E-state index in [1.165, 1.54) is 31.4 Å². The molecular weight excluding hydrogens is 318 g/mol. The topological polar surface area (TPSA) is 78.5 Å². The van der Waals surface area contributed by atoms with Gasteiger partial charge in [0.2, 0.25) is 5.91 Å². The van der Waals surface area contributed by atoms with Crippen molar-refractivity contribution in [2.45, 2.75) is 0 Å².